The summed E-state index contributed by atoms with van der Waals surface area (Å²) in [7, 11) is 7.94. The summed E-state index contributed by atoms with van der Waals surface area (Å²) in [6.45, 7) is 2.29. The molecule has 0 amide bonds. The third kappa shape index (κ3) is 8.13. The molecule has 12 heteroatoms. The largest absolute Gasteiger partial charge is 0.507 e. The van der Waals surface area contributed by atoms with Crippen LogP contribution in [0.5, 0.6) is 23.0 Å². The van der Waals surface area contributed by atoms with Crippen LogP contribution in [0.4, 0.5) is 0 Å². The van der Waals surface area contributed by atoms with E-state index in [4.69, 9.17) is 0 Å². The molecule has 8 bridgehead atoms. The lowest BCUT2D eigenvalue weighted by Gasteiger charge is -2.20. The van der Waals surface area contributed by atoms with Crippen LogP contribution in [0.3, 0.4) is 0 Å². The molecule has 4 aromatic heterocycles. The van der Waals surface area contributed by atoms with Crippen molar-refractivity contribution in [3.8, 4) is 23.0 Å². The first-order valence-electron chi connectivity index (χ1n) is 20.3. The van der Waals surface area contributed by atoms with Gasteiger partial charge in [-0.15, -0.1) is 0 Å². The third-order valence-electron chi connectivity index (χ3n) is 11.6. The highest BCUT2D eigenvalue weighted by Crippen LogP contribution is 2.39. The summed E-state index contributed by atoms with van der Waals surface area (Å²) < 4.78 is 16.4. The van der Waals surface area contributed by atoms with Gasteiger partial charge in [0.15, 0.2) is 0 Å². The van der Waals surface area contributed by atoms with E-state index in [1.165, 1.54) is 0 Å². The Morgan fingerprint density at radius 1 is 0.350 bits per heavy atom. The Labute approximate surface area is 349 Å². The minimum atomic E-state index is 0.141. The summed E-state index contributed by atoms with van der Waals surface area (Å²) in [6, 6.07) is 16.2. The molecule has 0 saturated heterocycles. The van der Waals surface area contributed by atoms with Gasteiger partial charge in [0.2, 0.25) is 25.3 Å². The van der Waals surface area contributed by atoms with Gasteiger partial charge >= 0.3 is 0 Å². The standard InChI is InChI=1S/C48H48N8O4/c1-49-5-9-53(29-49)25-33-13-37-21-39-15-34(26-54-10-6-50(2)30-54)17-41(46(39)58)23-43-19-36(28-56-12-8-52(4)32-56)20-44(48(43)60)24-42-18-35(27-55-11-7-51(3)31-55)16-40(47(42)59)22-38(14-33)45(37)57/h5-20,29-32H,21-28H2,1-4H3/p+4. The Hall–Kier alpha value is -7.08. The number of benzene rings is 4. The van der Waals surface area contributed by atoms with E-state index in [-0.39, 0.29) is 48.7 Å². The van der Waals surface area contributed by atoms with Crippen molar-refractivity contribution >= 4 is 0 Å². The Bertz CT molecular complexity index is 2410. The lowest BCUT2D eigenvalue weighted by atomic mass is 9.88. The number of imidazole rings is 4. The minimum Gasteiger partial charge on any atom is -0.507 e. The van der Waals surface area contributed by atoms with Gasteiger partial charge < -0.3 is 20.4 Å². The van der Waals surface area contributed by atoms with Gasteiger partial charge in [0.25, 0.3) is 0 Å². The van der Waals surface area contributed by atoms with Crippen LogP contribution in [-0.2, 0) is 80.1 Å². The van der Waals surface area contributed by atoms with Crippen LogP contribution >= 0.6 is 0 Å². The van der Waals surface area contributed by atoms with Crippen molar-refractivity contribution in [1.82, 2.24) is 18.3 Å². The molecule has 1 aliphatic rings. The number of hydrogen-bond donors (Lipinski definition) is 4. The zero-order chi connectivity index (χ0) is 41.7. The van der Waals surface area contributed by atoms with E-state index in [1.807, 2.05) is 170 Å². The number of phenols is 4. The van der Waals surface area contributed by atoms with Gasteiger partial charge in [-0.05, 0) is 115 Å². The second-order valence-electron chi connectivity index (χ2n) is 16.8. The van der Waals surface area contributed by atoms with Crippen molar-refractivity contribution in [2.24, 2.45) is 28.2 Å². The molecule has 4 heterocycles. The van der Waals surface area contributed by atoms with Crippen LogP contribution in [0.15, 0.2) is 123 Å². The number of aromatic hydroxyl groups is 4. The van der Waals surface area contributed by atoms with Gasteiger partial charge in [-0.3, -0.25) is 0 Å². The van der Waals surface area contributed by atoms with Crippen molar-refractivity contribution in [2.45, 2.75) is 51.9 Å². The van der Waals surface area contributed by atoms with Crippen molar-refractivity contribution < 1.29 is 38.7 Å². The zero-order valence-electron chi connectivity index (χ0n) is 34.6. The molecule has 0 radical (unpaired) electrons. The quantitative estimate of drug-likeness (QED) is 0.175. The monoisotopic (exact) mass is 804 g/mol. The summed E-state index contributed by atoms with van der Waals surface area (Å²) in [5.41, 5.74) is 9.41. The molecule has 4 N–H and O–H groups in total. The smallest absolute Gasteiger partial charge is 0.243 e. The highest BCUT2D eigenvalue weighted by atomic mass is 16.3. The van der Waals surface area contributed by atoms with Crippen LogP contribution in [-0.4, -0.2) is 38.7 Å². The van der Waals surface area contributed by atoms with Crippen molar-refractivity contribution in [1.29, 1.82) is 0 Å². The third-order valence-corrected chi connectivity index (χ3v) is 11.6. The maximum Gasteiger partial charge on any atom is 0.243 e. The second-order valence-corrected chi connectivity index (χ2v) is 16.8. The maximum atomic E-state index is 12.2. The predicted molar refractivity (Wildman–Crippen MR) is 222 cm³/mol. The lowest BCUT2D eigenvalue weighted by Crippen LogP contribution is -2.23. The van der Waals surface area contributed by atoms with Gasteiger partial charge in [0.1, 0.15) is 98.8 Å². The highest BCUT2D eigenvalue weighted by Gasteiger charge is 2.23. The number of phenolic OH excluding ortho intramolecular Hbond substituents is 4. The molecule has 9 rings (SSSR count). The fourth-order valence-corrected chi connectivity index (χ4v) is 8.82. The lowest BCUT2D eigenvalue weighted by molar-refractivity contribution is -0.671. The van der Waals surface area contributed by atoms with Crippen molar-refractivity contribution in [2.75, 3.05) is 0 Å². The molecule has 0 unspecified atom stereocenters. The number of aromatic nitrogens is 8. The molecule has 1 aliphatic carbocycles. The molecule has 0 fully saturated rings. The number of rotatable bonds is 8. The molecule has 60 heavy (non-hydrogen) atoms. The van der Waals surface area contributed by atoms with Crippen LogP contribution in [0.1, 0.15) is 66.8 Å². The first-order chi connectivity index (χ1) is 28.9. The summed E-state index contributed by atoms with van der Waals surface area (Å²) in [6.07, 6.45) is 25.2. The number of nitrogens with zero attached hydrogens (tertiary/aromatic N) is 8. The summed E-state index contributed by atoms with van der Waals surface area (Å²) >= 11 is 0. The van der Waals surface area contributed by atoms with Crippen LogP contribution in [0, 0.1) is 0 Å². The van der Waals surface area contributed by atoms with Gasteiger partial charge in [0, 0.05) is 25.7 Å². The maximum absolute atomic E-state index is 12.2. The van der Waals surface area contributed by atoms with Crippen LogP contribution in [0.25, 0.3) is 0 Å². The Balaban J connectivity index is 1.24. The first-order valence-corrected chi connectivity index (χ1v) is 20.3. The van der Waals surface area contributed by atoms with Gasteiger partial charge in [0.05, 0.1) is 28.2 Å². The second kappa shape index (κ2) is 15.6. The molecule has 12 nitrogen and oxygen atoms in total. The Morgan fingerprint density at radius 2 is 0.533 bits per heavy atom. The SMILES string of the molecule is C[n+]1ccn(Cc2cc3c(O)c(c2)Cc2cc(Cn4cc[n+](C)c4)cc(c2O)Cc2cc(Cn4cc[n+](C)c4)cc(c2O)Cc2cc(Cn4cc[n+](C)c4)cc(c2O)C3)c1. The average Bonchev–Trinajstić information content (AvgIpc) is 4.01. The molecule has 0 saturated carbocycles. The molecule has 4 aromatic carbocycles. The van der Waals surface area contributed by atoms with E-state index < -0.39 is 0 Å². The van der Waals surface area contributed by atoms with E-state index in [2.05, 4.69) is 18.3 Å². The summed E-state index contributed by atoms with van der Waals surface area (Å²) in [5, 5.41) is 48.7. The normalized spacial score (nSPS) is 12.6. The molecular formula is C48H52N8O4+4. The van der Waals surface area contributed by atoms with Crippen LogP contribution in [0.2, 0.25) is 0 Å². The molecule has 0 spiro atoms. The van der Waals surface area contributed by atoms with E-state index >= 15 is 0 Å². The van der Waals surface area contributed by atoms with E-state index in [1.54, 1.807) is 0 Å². The Kier molecular flexibility index (Phi) is 9.99. The van der Waals surface area contributed by atoms with E-state index in [0.29, 0.717) is 70.7 Å². The molecular weight excluding hydrogens is 753 g/mol. The van der Waals surface area contributed by atoms with Crippen molar-refractivity contribution in [3.05, 3.63) is 190 Å². The number of hydrogen-bond acceptors (Lipinski definition) is 4. The van der Waals surface area contributed by atoms with Gasteiger partial charge in [-0.25, -0.2) is 36.5 Å². The molecule has 8 aromatic rings. The molecule has 0 atom stereocenters. The fraction of sp³-hybridized carbons (Fsp3) is 0.250. The summed E-state index contributed by atoms with van der Waals surface area (Å²) in [4.78, 5) is 0. The number of aryl methyl sites for hydroxylation is 4. The fourth-order valence-electron chi connectivity index (χ4n) is 8.82. The van der Waals surface area contributed by atoms with E-state index in [9.17, 15) is 20.4 Å². The molecule has 304 valence electrons. The first kappa shape index (κ1) is 38.4. The zero-order valence-corrected chi connectivity index (χ0v) is 34.6. The van der Waals surface area contributed by atoms with Crippen LogP contribution < -0.4 is 18.3 Å². The predicted octanol–water partition coefficient (Wildman–Crippen LogP) is 3.88. The van der Waals surface area contributed by atoms with Crippen molar-refractivity contribution in [3.63, 3.8) is 0 Å². The highest BCUT2D eigenvalue weighted by molar-refractivity contribution is 5.57. The summed E-state index contributed by atoms with van der Waals surface area (Å²) in [5.74, 6) is 0.564. The Morgan fingerprint density at radius 3 is 0.683 bits per heavy atom. The van der Waals surface area contributed by atoms with E-state index in [0.717, 1.165) is 22.3 Å². The topological polar surface area (TPSA) is 116 Å². The average molecular weight is 805 g/mol. The van der Waals surface area contributed by atoms with Gasteiger partial charge in [-0.1, -0.05) is 0 Å². The molecule has 0 aliphatic heterocycles. The minimum absolute atomic E-state index is 0.141. The van der Waals surface area contributed by atoms with Gasteiger partial charge in [-0.2, -0.15) is 0 Å². The number of fused-ring (bicyclic) bond motifs is 8.